The van der Waals surface area contributed by atoms with E-state index in [2.05, 4.69) is 48.5 Å². The third-order valence-corrected chi connectivity index (χ3v) is 5.34. The van der Waals surface area contributed by atoms with Crippen LogP contribution in [0.4, 0.5) is 5.82 Å². The van der Waals surface area contributed by atoms with Crippen molar-refractivity contribution in [1.82, 2.24) is 30.6 Å². The third-order valence-electron chi connectivity index (χ3n) is 4.16. The molecule has 8 heteroatoms. The molecule has 0 saturated carbocycles. The van der Waals surface area contributed by atoms with Crippen LogP contribution in [0.5, 0.6) is 0 Å². The highest BCUT2D eigenvalue weighted by Gasteiger charge is 2.26. The number of aryl methyl sites for hydroxylation is 1. The first-order valence-corrected chi connectivity index (χ1v) is 8.38. The van der Waals surface area contributed by atoms with Crippen molar-refractivity contribution in [3.8, 4) is 0 Å². The normalized spacial score (nSPS) is 19.0. The van der Waals surface area contributed by atoms with Gasteiger partial charge in [0.05, 0.1) is 5.39 Å². The lowest BCUT2D eigenvalue weighted by molar-refractivity contribution is 0.490. The molecule has 1 N–H and O–H groups in total. The molecule has 0 unspecified atom stereocenters. The number of nitrogens with zero attached hydrogens (tertiary/aromatic N) is 6. The van der Waals surface area contributed by atoms with Crippen LogP contribution in [-0.4, -0.2) is 43.7 Å². The van der Waals surface area contributed by atoms with E-state index in [4.69, 9.17) is 0 Å². The molecule has 4 rings (SSSR count). The van der Waals surface area contributed by atoms with Crippen molar-refractivity contribution in [1.29, 1.82) is 0 Å². The Morgan fingerprint density at radius 1 is 1.41 bits per heavy atom. The number of aromatic nitrogens is 6. The molecule has 0 aromatic carbocycles. The monoisotopic (exact) mass is 315 g/mol. The summed E-state index contributed by atoms with van der Waals surface area (Å²) in [6.45, 7) is 4.06. The van der Waals surface area contributed by atoms with Crippen molar-refractivity contribution < 1.29 is 0 Å². The number of H-pyrrole nitrogens is 1. The maximum atomic E-state index is 4.55. The number of fused-ring (bicyclic) bond motifs is 1. The van der Waals surface area contributed by atoms with E-state index in [-0.39, 0.29) is 0 Å². The molecule has 114 valence electrons. The molecule has 0 spiro atoms. The van der Waals surface area contributed by atoms with E-state index in [0.29, 0.717) is 5.92 Å². The highest BCUT2D eigenvalue weighted by atomic mass is 32.1. The highest BCUT2D eigenvalue weighted by molar-refractivity contribution is 7.18. The average Bonchev–Trinajstić information content (AvgIpc) is 3.23. The summed E-state index contributed by atoms with van der Waals surface area (Å²) < 4.78 is 0. The molecule has 22 heavy (non-hydrogen) atoms. The molecule has 0 radical (unpaired) electrons. The lowest BCUT2D eigenvalue weighted by Crippen LogP contribution is -2.35. The van der Waals surface area contributed by atoms with Crippen LogP contribution in [0.15, 0.2) is 12.4 Å². The van der Waals surface area contributed by atoms with Crippen LogP contribution in [-0.2, 0) is 6.42 Å². The first-order chi connectivity index (χ1) is 10.8. The predicted molar refractivity (Wildman–Crippen MR) is 85.2 cm³/mol. The minimum Gasteiger partial charge on any atom is -0.355 e. The topological polar surface area (TPSA) is 83.5 Å². The molecule has 1 atom stereocenters. The number of tetrazole rings is 1. The zero-order valence-electron chi connectivity index (χ0n) is 12.4. The van der Waals surface area contributed by atoms with Gasteiger partial charge < -0.3 is 4.90 Å². The van der Waals surface area contributed by atoms with Crippen LogP contribution in [0.3, 0.4) is 0 Å². The molecule has 1 aliphatic heterocycles. The lowest BCUT2D eigenvalue weighted by Gasteiger charge is -2.32. The second kappa shape index (κ2) is 5.60. The van der Waals surface area contributed by atoms with Crippen molar-refractivity contribution in [2.45, 2.75) is 32.1 Å². The lowest BCUT2D eigenvalue weighted by atomic mass is 9.97. The molecule has 0 amide bonds. The number of thiophene rings is 1. The summed E-state index contributed by atoms with van der Waals surface area (Å²) in [6.07, 6.45) is 4.90. The van der Waals surface area contributed by atoms with Crippen LogP contribution >= 0.6 is 11.3 Å². The van der Waals surface area contributed by atoms with Crippen LogP contribution in [0.25, 0.3) is 10.2 Å². The van der Waals surface area contributed by atoms with Gasteiger partial charge in [-0.25, -0.2) is 9.97 Å². The maximum absolute atomic E-state index is 4.55. The number of anilines is 1. The van der Waals surface area contributed by atoms with E-state index >= 15 is 0 Å². The van der Waals surface area contributed by atoms with Crippen molar-refractivity contribution in [3.63, 3.8) is 0 Å². The van der Waals surface area contributed by atoms with Gasteiger partial charge in [0.15, 0.2) is 5.82 Å². The Balaban J connectivity index is 1.67. The van der Waals surface area contributed by atoms with Crippen LogP contribution in [0.2, 0.25) is 0 Å². The highest BCUT2D eigenvalue weighted by Crippen LogP contribution is 2.33. The van der Waals surface area contributed by atoms with Gasteiger partial charge in [0.2, 0.25) is 0 Å². The molecule has 0 aliphatic carbocycles. The minimum atomic E-state index is 0.307. The SMILES string of the molecule is CCc1cc2c(N3CCC[C@@H](c4nn[nH]n4)C3)ncnc2s1. The van der Waals surface area contributed by atoms with E-state index in [1.54, 1.807) is 17.7 Å². The van der Waals surface area contributed by atoms with Gasteiger partial charge in [0.1, 0.15) is 17.0 Å². The smallest absolute Gasteiger partial charge is 0.179 e. The van der Waals surface area contributed by atoms with Gasteiger partial charge >= 0.3 is 0 Å². The summed E-state index contributed by atoms with van der Waals surface area (Å²) in [5.74, 6) is 2.14. The molecule has 3 aromatic rings. The largest absolute Gasteiger partial charge is 0.355 e. The van der Waals surface area contributed by atoms with Crippen molar-refractivity contribution in [2.75, 3.05) is 18.0 Å². The van der Waals surface area contributed by atoms with Crippen LogP contribution in [0, 0.1) is 0 Å². The second-order valence-electron chi connectivity index (χ2n) is 5.54. The van der Waals surface area contributed by atoms with Crippen LogP contribution in [0.1, 0.15) is 36.4 Å². The van der Waals surface area contributed by atoms with Gasteiger partial charge in [-0.15, -0.1) is 21.5 Å². The molecule has 4 heterocycles. The van der Waals surface area contributed by atoms with E-state index in [1.807, 2.05) is 0 Å². The zero-order valence-corrected chi connectivity index (χ0v) is 13.2. The molecule has 3 aromatic heterocycles. The van der Waals surface area contributed by atoms with Crippen molar-refractivity contribution in [3.05, 3.63) is 23.1 Å². The fraction of sp³-hybridized carbons (Fsp3) is 0.500. The summed E-state index contributed by atoms with van der Waals surface area (Å²) in [5.41, 5.74) is 0. The fourth-order valence-electron chi connectivity index (χ4n) is 3.04. The minimum absolute atomic E-state index is 0.307. The number of nitrogens with one attached hydrogen (secondary N) is 1. The van der Waals surface area contributed by atoms with E-state index in [9.17, 15) is 0 Å². The summed E-state index contributed by atoms with van der Waals surface area (Å²) in [6, 6.07) is 2.23. The van der Waals surface area contributed by atoms with Crippen LogP contribution < -0.4 is 4.90 Å². The quantitative estimate of drug-likeness (QED) is 0.797. The fourth-order valence-corrected chi connectivity index (χ4v) is 3.97. The van der Waals surface area contributed by atoms with Gasteiger partial charge in [-0.2, -0.15) is 5.21 Å². The van der Waals surface area contributed by atoms with E-state index < -0.39 is 0 Å². The van der Waals surface area contributed by atoms with Crippen molar-refractivity contribution in [2.24, 2.45) is 0 Å². The van der Waals surface area contributed by atoms with Gasteiger partial charge in [-0.05, 0) is 25.3 Å². The number of aromatic amines is 1. The molecule has 7 nitrogen and oxygen atoms in total. The van der Waals surface area contributed by atoms with Gasteiger partial charge in [-0.3, -0.25) is 0 Å². The number of hydrogen-bond donors (Lipinski definition) is 1. The number of piperidine rings is 1. The molecular formula is C14H17N7S. The summed E-state index contributed by atoms with van der Waals surface area (Å²) in [4.78, 5) is 13.7. The van der Waals surface area contributed by atoms with E-state index in [1.165, 1.54) is 4.88 Å². The van der Waals surface area contributed by atoms with Crippen molar-refractivity contribution >= 4 is 27.4 Å². The third kappa shape index (κ3) is 2.33. The van der Waals surface area contributed by atoms with Gasteiger partial charge in [0.25, 0.3) is 0 Å². The Morgan fingerprint density at radius 3 is 3.18 bits per heavy atom. The van der Waals surface area contributed by atoms with E-state index in [0.717, 1.165) is 54.2 Å². The summed E-state index contributed by atoms with van der Waals surface area (Å²) >= 11 is 1.76. The first-order valence-electron chi connectivity index (χ1n) is 7.57. The predicted octanol–water partition coefficient (Wildman–Crippen LogP) is 2.15. The number of rotatable bonds is 3. The second-order valence-corrected chi connectivity index (χ2v) is 6.65. The molecule has 1 fully saturated rings. The Morgan fingerprint density at radius 2 is 2.36 bits per heavy atom. The maximum Gasteiger partial charge on any atom is 0.179 e. The zero-order chi connectivity index (χ0) is 14.9. The Hall–Kier alpha value is -2.09. The average molecular weight is 315 g/mol. The Labute approximate surface area is 131 Å². The number of hydrogen-bond acceptors (Lipinski definition) is 7. The molecule has 0 bridgehead atoms. The molecular weight excluding hydrogens is 298 g/mol. The standard InChI is InChI=1S/C14H17N7S/c1-2-10-6-11-13(15-8-16-14(11)22-10)21-5-3-4-9(7-21)12-17-19-20-18-12/h6,8-9H,2-5,7H2,1H3,(H,17,18,19,20)/t9-/m1/s1. The Kier molecular flexibility index (Phi) is 3.45. The first kappa shape index (κ1) is 13.6. The summed E-state index contributed by atoms with van der Waals surface area (Å²) in [7, 11) is 0. The Bertz CT molecular complexity index is 767. The van der Waals surface area contributed by atoms with Gasteiger partial charge in [0, 0.05) is 23.9 Å². The molecule has 1 aliphatic rings. The summed E-state index contributed by atoms with van der Waals surface area (Å²) in [5, 5.41) is 15.7. The van der Waals surface area contributed by atoms with Gasteiger partial charge in [-0.1, -0.05) is 12.1 Å². The molecule has 1 saturated heterocycles.